The van der Waals surface area contributed by atoms with Crippen LogP contribution < -0.4 is 10.5 Å². The van der Waals surface area contributed by atoms with Crippen LogP contribution in [0.4, 0.5) is 0 Å². The van der Waals surface area contributed by atoms with Gasteiger partial charge in [0, 0.05) is 11.5 Å². The van der Waals surface area contributed by atoms with Gasteiger partial charge in [0.25, 0.3) is 0 Å². The first-order valence-corrected chi connectivity index (χ1v) is 5.54. The maximum atomic E-state index is 5.76. The number of rotatable bonds is 3. The first-order valence-electron chi connectivity index (χ1n) is 5.54. The minimum absolute atomic E-state index is 0.200. The fourth-order valence-corrected chi connectivity index (χ4v) is 2.15. The Bertz CT molecular complexity index is 346. The minimum Gasteiger partial charge on any atom is -0.493 e. The van der Waals surface area contributed by atoms with Gasteiger partial charge in [0.15, 0.2) is 0 Å². The van der Waals surface area contributed by atoms with E-state index in [1.807, 2.05) is 12.1 Å². The van der Waals surface area contributed by atoms with Gasteiger partial charge in [-0.25, -0.2) is 0 Å². The molecule has 1 aromatic carbocycles. The number of hydrogen-bond donors (Lipinski definition) is 1. The van der Waals surface area contributed by atoms with Gasteiger partial charge in [-0.1, -0.05) is 32.0 Å². The van der Waals surface area contributed by atoms with Crippen molar-refractivity contribution >= 4 is 0 Å². The Hall–Kier alpha value is -1.02. The molecule has 0 saturated carbocycles. The molecule has 0 aliphatic carbocycles. The highest BCUT2D eigenvalue weighted by Gasteiger charge is 2.29. The Morgan fingerprint density at radius 1 is 1.40 bits per heavy atom. The average molecular weight is 205 g/mol. The van der Waals surface area contributed by atoms with E-state index in [1.165, 1.54) is 5.56 Å². The van der Waals surface area contributed by atoms with Gasteiger partial charge < -0.3 is 10.5 Å². The summed E-state index contributed by atoms with van der Waals surface area (Å²) in [5.74, 6) is 1.56. The fourth-order valence-electron chi connectivity index (χ4n) is 2.15. The van der Waals surface area contributed by atoms with Crippen molar-refractivity contribution in [3.8, 4) is 5.75 Å². The van der Waals surface area contributed by atoms with Crippen molar-refractivity contribution in [2.24, 2.45) is 11.1 Å². The summed E-state index contributed by atoms with van der Waals surface area (Å²) in [5.41, 5.74) is 7.31. The monoisotopic (exact) mass is 205 g/mol. The standard InChI is InChI=1S/C13H19NO/c1-13(2,9-14)7-10-8-15-12-6-4-3-5-11(10)12/h3-6,10H,7-9,14H2,1-2H3. The van der Waals surface area contributed by atoms with E-state index in [0.29, 0.717) is 5.92 Å². The quantitative estimate of drug-likeness (QED) is 0.823. The molecule has 1 aliphatic rings. The van der Waals surface area contributed by atoms with Gasteiger partial charge in [-0.05, 0) is 24.4 Å². The summed E-state index contributed by atoms with van der Waals surface area (Å²) < 4.78 is 5.66. The van der Waals surface area contributed by atoms with E-state index in [1.54, 1.807) is 0 Å². The highest BCUT2D eigenvalue weighted by Crippen LogP contribution is 2.39. The third-order valence-electron chi connectivity index (χ3n) is 3.15. The molecule has 1 atom stereocenters. The normalized spacial score (nSPS) is 19.8. The minimum atomic E-state index is 0.200. The first kappa shape index (κ1) is 10.5. The van der Waals surface area contributed by atoms with Gasteiger partial charge in [-0.15, -0.1) is 0 Å². The molecule has 0 fully saturated rings. The van der Waals surface area contributed by atoms with Crippen molar-refractivity contribution < 1.29 is 4.74 Å². The summed E-state index contributed by atoms with van der Waals surface area (Å²) in [6, 6.07) is 8.32. The molecule has 1 aromatic rings. The van der Waals surface area contributed by atoms with E-state index in [4.69, 9.17) is 10.5 Å². The second-order valence-corrected chi connectivity index (χ2v) is 5.12. The predicted octanol–water partition coefficient (Wildman–Crippen LogP) is 2.54. The second kappa shape index (κ2) is 3.86. The number of fused-ring (bicyclic) bond motifs is 1. The van der Waals surface area contributed by atoms with Crippen LogP contribution >= 0.6 is 0 Å². The SMILES string of the molecule is CC(C)(CN)CC1COc2ccccc21. The van der Waals surface area contributed by atoms with Crippen LogP contribution in [0.3, 0.4) is 0 Å². The van der Waals surface area contributed by atoms with Crippen molar-refractivity contribution in [1.82, 2.24) is 0 Å². The van der Waals surface area contributed by atoms with Crippen molar-refractivity contribution in [1.29, 1.82) is 0 Å². The van der Waals surface area contributed by atoms with Gasteiger partial charge in [0.05, 0.1) is 6.61 Å². The topological polar surface area (TPSA) is 35.2 Å². The third-order valence-corrected chi connectivity index (χ3v) is 3.15. The molecule has 82 valence electrons. The van der Waals surface area contributed by atoms with E-state index in [0.717, 1.165) is 25.3 Å². The zero-order valence-corrected chi connectivity index (χ0v) is 9.49. The second-order valence-electron chi connectivity index (χ2n) is 5.12. The van der Waals surface area contributed by atoms with Gasteiger partial charge in [-0.3, -0.25) is 0 Å². The molecule has 0 radical (unpaired) electrons. The van der Waals surface area contributed by atoms with Crippen LogP contribution in [0.1, 0.15) is 31.7 Å². The molecule has 0 amide bonds. The predicted molar refractivity (Wildman–Crippen MR) is 62.1 cm³/mol. The van der Waals surface area contributed by atoms with Gasteiger partial charge in [0.1, 0.15) is 5.75 Å². The first-order chi connectivity index (χ1) is 7.12. The molecule has 1 aliphatic heterocycles. The summed E-state index contributed by atoms with van der Waals surface area (Å²) in [5, 5.41) is 0. The number of hydrogen-bond acceptors (Lipinski definition) is 2. The zero-order valence-electron chi connectivity index (χ0n) is 9.49. The maximum absolute atomic E-state index is 5.76. The highest BCUT2D eigenvalue weighted by atomic mass is 16.5. The molecule has 2 N–H and O–H groups in total. The third kappa shape index (κ3) is 2.15. The Morgan fingerprint density at radius 2 is 2.13 bits per heavy atom. The number of benzene rings is 1. The van der Waals surface area contributed by atoms with E-state index in [-0.39, 0.29) is 5.41 Å². The van der Waals surface area contributed by atoms with Crippen molar-refractivity contribution in [2.75, 3.05) is 13.2 Å². The van der Waals surface area contributed by atoms with Crippen LogP contribution in [0.5, 0.6) is 5.75 Å². The summed E-state index contributed by atoms with van der Waals surface area (Å²) in [7, 11) is 0. The lowest BCUT2D eigenvalue weighted by Gasteiger charge is -2.25. The molecular weight excluding hydrogens is 186 g/mol. The fraction of sp³-hybridized carbons (Fsp3) is 0.538. The van der Waals surface area contributed by atoms with E-state index >= 15 is 0 Å². The van der Waals surface area contributed by atoms with E-state index in [9.17, 15) is 0 Å². The molecule has 0 spiro atoms. The van der Waals surface area contributed by atoms with Gasteiger partial charge in [0.2, 0.25) is 0 Å². The summed E-state index contributed by atoms with van der Waals surface area (Å²) in [6.45, 7) is 5.97. The summed E-state index contributed by atoms with van der Waals surface area (Å²) in [6.07, 6.45) is 1.10. The number of nitrogens with two attached hydrogens (primary N) is 1. The molecule has 0 aromatic heterocycles. The Labute approximate surface area is 91.4 Å². The largest absolute Gasteiger partial charge is 0.493 e. The lowest BCUT2D eigenvalue weighted by Crippen LogP contribution is -2.26. The molecule has 2 nitrogen and oxygen atoms in total. The molecular formula is C13H19NO. The van der Waals surface area contributed by atoms with Crippen molar-refractivity contribution in [3.63, 3.8) is 0 Å². The lowest BCUT2D eigenvalue weighted by molar-refractivity contribution is 0.265. The summed E-state index contributed by atoms with van der Waals surface area (Å²) in [4.78, 5) is 0. The van der Waals surface area contributed by atoms with Crippen LogP contribution in [-0.2, 0) is 0 Å². The van der Waals surface area contributed by atoms with Crippen LogP contribution in [0.15, 0.2) is 24.3 Å². The molecule has 2 heteroatoms. The molecule has 1 heterocycles. The molecule has 0 bridgehead atoms. The average Bonchev–Trinajstić information content (AvgIpc) is 2.62. The Balaban J connectivity index is 2.14. The van der Waals surface area contributed by atoms with Crippen LogP contribution in [-0.4, -0.2) is 13.2 Å². The molecule has 15 heavy (non-hydrogen) atoms. The van der Waals surface area contributed by atoms with Crippen LogP contribution in [0, 0.1) is 5.41 Å². The highest BCUT2D eigenvalue weighted by molar-refractivity contribution is 5.39. The van der Waals surface area contributed by atoms with Crippen LogP contribution in [0.2, 0.25) is 0 Å². The molecule has 1 unspecified atom stereocenters. The van der Waals surface area contributed by atoms with Crippen molar-refractivity contribution in [2.45, 2.75) is 26.2 Å². The van der Waals surface area contributed by atoms with Crippen molar-refractivity contribution in [3.05, 3.63) is 29.8 Å². The zero-order chi connectivity index (χ0) is 10.9. The molecule has 2 rings (SSSR count). The van der Waals surface area contributed by atoms with Gasteiger partial charge in [-0.2, -0.15) is 0 Å². The van der Waals surface area contributed by atoms with E-state index < -0.39 is 0 Å². The van der Waals surface area contributed by atoms with E-state index in [2.05, 4.69) is 26.0 Å². The lowest BCUT2D eigenvalue weighted by atomic mass is 9.81. The summed E-state index contributed by atoms with van der Waals surface area (Å²) >= 11 is 0. The Kier molecular flexibility index (Phi) is 2.70. The number of para-hydroxylation sites is 1. The smallest absolute Gasteiger partial charge is 0.122 e. The van der Waals surface area contributed by atoms with Crippen LogP contribution in [0.25, 0.3) is 0 Å². The molecule has 0 saturated heterocycles. The van der Waals surface area contributed by atoms with Gasteiger partial charge >= 0.3 is 0 Å². The maximum Gasteiger partial charge on any atom is 0.122 e. The Morgan fingerprint density at radius 3 is 2.87 bits per heavy atom. The number of ether oxygens (including phenoxy) is 1.